The number of hydrogen-bond acceptors (Lipinski definition) is 4. The molecule has 1 heterocycles. The second kappa shape index (κ2) is 9.32. The maximum atomic E-state index is 13.8. The molecule has 156 valence electrons. The Morgan fingerprint density at radius 3 is 2.17 bits per heavy atom. The molecule has 0 radical (unpaired) electrons. The molecule has 0 aliphatic heterocycles. The van der Waals surface area contributed by atoms with Gasteiger partial charge in [0.2, 0.25) is 0 Å². The summed E-state index contributed by atoms with van der Waals surface area (Å²) in [6, 6.07) is 10.0. The highest BCUT2D eigenvalue weighted by molar-refractivity contribution is 5.50. The van der Waals surface area contributed by atoms with Gasteiger partial charge in [0.15, 0.2) is 0 Å². The Kier molecular flexibility index (Phi) is 6.58. The Morgan fingerprint density at radius 1 is 0.933 bits per heavy atom. The van der Waals surface area contributed by atoms with E-state index in [1.54, 1.807) is 24.3 Å². The van der Waals surface area contributed by atoms with E-state index in [0.717, 1.165) is 18.7 Å². The first-order valence-electron chi connectivity index (χ1n) is 9.20. The number of aromatic nitrogens is 2. The SMILES string of the molecule is CN(C)CCOc1ccc(C=c2[nH]c(=O)c(=Cc3ccc(F)cc3F)[nH]c2=O)cc1. The molecule has 3 rings (SSSR count). The summed E-state index contributed by atoms with van der Waals surface area (Å²) in [6.07, 6.45) is 2.67. The number of nitrogens with zero attached hydrogens (tertiary/aromatic N) is 1. The molecule has 0 aliphatic carbocycles. The summed E-state index contributed by atoms with van der Waals surface area (Å²) in [4.78, 5) is 31.6. The molecule has 0 unspecified atom stereocenters. The van der Waals surface area contributed by atoms with Gasteiger partial charge in [-0.3, -0.25) is 9.59 Å². The molecule has 0 atom stereocenters. The number of nitrogens with one attached hydrogen (secondary N) is 2. The number of halogens is 2. The van der Waals surface area contributed by atoms with Gasteiger partial charge in [0.1, 0.15) is 34.7 Å². The molecule has 1 aromatic heterocycles. The highest BCUT2D eigenvalue weighted by atomic mass is 19.1. The third kappa shape index (κ3) is 5.51. The molecular weight excluding hydrogens is 392 g/mol. The Labute approximate surface area is 170 Å². The van der Waals surface area contributed by atoms with Gasteiger partial charge < -0.3 is 19.6 Å². The molecule has 8 heteroatoms. The fourth-order valence-electron chi connectivity index (χ4n) is 2.64. The standard InChI is InChI=1S/C22H21F2N3O3/c1-27(2)9-10-30-17-7-3-14(4-8-17)11-19-21(28)26-20(22(29)25-19)12-15-5-6-16(23)13-18(15)24/h3-8,11-13H,9-10H2,1-2H3,(H,25,29)(H,26,28). The molecule has 0 bridgehead atoms. The van der Waals surface area contributed by atoms with Crippen molar-refractivity contribution in [3.63, 3.8) is 0 Å². The van der Waals surface area contributed by atoms with Crippen LogP contribution in [0.1, 0.15) is 11.1 Å². The smallest absolute Gasteiger partial charge is 0.272 e. The van der Waals surface area contributed by atoms with E-state index in [0.29, 0.717) is 24.0 Å². The van der Waals surface area contributed by atoms with Crippen molar-refractivity contribution in [2.45, 2.75) is 0 Å². The van der Waals surface area contributed by atoms with Crippen LogP contribution in [0.5, 0.6) is 5.75 Å². The first-order chi connectivity index (χ1) is 14.3. The minimum atomic E-state index is -0.834. The van der Waals surface area contributed by atoms with Gasteiger partial charge in [-0.25, -0.2) is 8.78 Å². The van der Waals surface area contributed by atoms with Crippen LogP contribution >= 0.6 is 0 Å². The fraction of sp³-hybridized carbons (Fsp3) is 0.182. The average Bonchev–Trinajstić information content (AvgIpc) is 2.69. The lowest BCUT2D eigenvalue weighted by molar-refractivity contribution is 0.261. The summed E-state index contributed by atoms with van der Waals surface area (Å²) in [5, 5.41) is -0.0784. The van der Waals surface area contributed by atoms with Crippen LogP contribution in [0.25, 0.3) is 12.2 Å². The van der Waals surface area contributed by atoms with Crippen LogP contribution in [-0.4, -0.2) is 42.1 Å². The summed E-state index contributed by atoms with van der Waals surface area (Å²) >= 11 is 0. The number of hydrogen-bond donors (Lipinski definition) is 2. The van der Waals surface area contributed by atoms with Gasteiger partial charge in [-0.15, -0.1) is 0 Å². The maximum absolute atomic E-state index is 13.8. The zero-order chi connectivity index (χ0) is 21.7. The zero-order valence-electron chi connectivity index (χ0n) is 16.5. The Balaban J connectivity index is 1.88. The third-order valence-corrected chi connectivity index (χ3v) is 4.25. The van der Waals surface area contributed by atoms with E-state index in [1.165, 1.54) is 12.1 Å². The normalized spacial score (nSPS) is 12.6. The summed E-state index contributed by atoms with van der Waals surface area (Å²) in [6.45, 7) is 1.34. The van der Waals surface area contributed by atoms with Gasteiger partial charge in [-0.2, -0.15) is 0 Å². The first-order valence-corrected chi connectivity index (χ1v) is 9.20. The lowest BCUT2D eigenvalue weighted by Crippen LogP contribution is -2.46. The van der Waals surface area contributed by atoms with Crippen molar-refractivity contribution >= 4 is 12.2 Å². The Hall–Kier alpha value is -3.52. The highest BCUT2D eigenvalue weighted by Gasteiger charge is 2.03. The molecule has 0 saturated carbocycles. The molecule has 0 saturated heterocycles. The second-order valence-corrected chi connectivity index (χ2v) is 6.91. The molecule has 0 spiro atoms. The fourth-order valence-corrected chi connectivity index (χ4v) is 2.64. The van der Waals surface area contributed by atoms with Crippen LogP contribution in [0.15, 0.2) is 52.1 Å². The average molecular weight is 413 g/mol. The van der Waals surface area contributed by atoms with E-state index >= 15 is 0 Å². The van der Waals surface area contributed by atoms with Crippen molar-refractivity contribution in [1.29, 1.82) is 0 Å². The van der Waals surface area contributed by atoms with Gasteiger partial charge >= 0.3 is 0 Å². The quantitative estimate of drug-likeness (QED) is 0.631. The van der Waals surface area contributed by atoms with E-state index < -0.39 is 22.8 Å². The van der Waals surface area contributed by atoms with Gasteiger partial charge in [-0.05, 0) is 56.1 Å². The summed E-state index contributed by atoms with van der Waals surface area (Å²) in [5.74, 6) is -0.868. The highest BCUT2D eigenvalue weighted by Crippen LogP contribution is 2.12. The van der Waals surface area contributed by atoms with Gasteiger partial charge in [0, 0.05) is 18.2 Å². The molecule has 6 nitrogen and oxygen atoms in total. The number of likely N-dealkylation sites (N-methyl/N-ethyl adjacent to an activating group) is 1. The molecule has 0 amide bonds. The van der Waals surface area contributed by atoms with E-state index in [1.807, 2.05) is 19.0 Å². The maximum Gasteiger partial charge on any atom is 0.272 e. The third-order valence-electron chi connectivity index (χ3n) is 4.25. The minimum absolute atomic E-state index is 0.0147. The molecule has 0 fully saturated rings. The van der Waals surface area contributed by atoms with Crippen LogP contribution < -0.4 is 26.6 Å². The Morgan fingerprint density at radius 2 is 1.57 bits per heavy atom. The summed E-state index contributed by atoms with van der Waals surface area (Å²) in [5.41, 5.74) is -0.473. The minimum Gasteiger partial charge on any atom is -0.492 e. The number of aromatic amines is 2. The molecule has 2 aromatic carbocycles. The molecule has 2 N–H and O–H groups in total. The van der Waals surface area contributed by atoms with Crippen molar-refractivity contribution in [2.75, 3.05) is 27.2 Å². The molecular formula is C22H21F2N3O3. The second-order valence-electron chi connectivity index (χ2n) is 6.91. The van der Waals surface area contributed by atoms with E-state index in [9.17, 15) is 18.4 Å². The number of rotatable bonds is 6. The van der Waals surface area contributed by atoms with Gasteiger partial charge in [-0.1, -0.05) is 12.1 Å². The van der Waals surface area contributed by atoms with Crippen molar-refractivity contribution in [2.24, 2.45) is 0 Å². The summed E-state index contributed by atoms with van der Waals surface area (Å²) < 4.78 is 32.4. The van der Waals surface area contributed by atoms with Crippen LogP contribution in [0, 0.1) is 11.6 Å². The van der Waals surface area contributed by atoms with E-state index in [2.05, 4.69) is 9.97 Å². The van der Waals surface area contributed by atoms with E-state index in [4.69, 9.17) is 4.74 Å². The zero-order valence-corrected chi connectivity index (χ0v) is 16.5. The van der Waals surface area contributed by atoms with Crippen LogP contribution in [0.3, 0.4) is 0 Å². The first kappa shape index (κ1) is 21.2. The van der Waals surface area contributed by atoms with Gasteiger partial charge in [0.25, 0.3) is 11.1 Å². The van der Waals surface area contributed by atoms with Crippen molar-refractivity contribution < 1.29 is 13.5 Å². The molecule has 0 aliphatic rings. The monoisotopic (exact) mass is 413 g/mol. The predicted octanol–water partition coefficient (Wildman–Crippen LogP) is 0.939. The molecule has 3 aromatic rings. The topological polar surface area (TPSA) is 78.2 Å². The van der Waals surface area contributed by atoms with Crippen molar-refractivity contribution in [3.8, 4) is 5.75 Å². The van der Waals surface area contributed by atoms with Crippen LogP contribution in [0.4, 0.5) is 8.78 Å². The Bertz CT molecular complexity index is 1260. The van der Waals surface area contributed by atoms with Crippen molar-refractivity contribution in [1.82, 2.24) is 14.9 Å². The largest absolute Gasteiger partial charge is 0.492 e. The predicted molar refractivity (Wildman–Crippen MR) is 111 cm³/mol. The summed E-state index contributed by atoms with van der Waals surface area (Å²) in [7, 11) is 3.91. The molecule has 30 heavy (non-hydrogen) atoms. The number of H-pyrrole nitrogens is 2. The van der Waals surface area contributed by atoms with Gasteiger partial charge in [0.05, 0.1) is 0 Å². The van der Waals surface area contributed by atoms with E-state index in [-0.39, 0.29) is 16.3 Å². The lowest BCUT2D eigenvalue weighted by Gasteiger charge is -2.10. The van der Waals surface area contributed by atoms with Crippen LogP contribution in [0.2, 0.25) is 0 Å². The number of benzene rings is 2. The van der Waals surface area contributed by atoms with Crippen molar-refractivity contribution in [3.05, 3.63) is 96.6 Å². The van der Waals surface area contributed by atoms with Crippen LogP contribution in [-0.2, 0) is 0 Å². The lowest BCUT2D eigenvalue weighted by atomic mass is 10.2. The number of ether oxygens (including phenoxy) is 1.